The Kier molecular flexibility index (Phi) is 6.00. The molecule has 1 aromatic carbocycles. The van der Waals surface area contributed by atoms with Gasteiger partial charge in [-0.2, -0.15) is 10.2 Å². The van der Waals surface area contributed by atoms with Gasteiger partial charge in [0.15, 0.2) is 5.82 Å². The molecule has 4 heterocycles. The van der Waals surface area contributed by atoms with Crippen molar-refractivity contribution in [3.05, 3.63) is 55.0 Å². The summed E-state index contributed by atoms with van der Waals surface area (Å²) >= 11 is 0. The smallest absolute Gasteiger partial charge is 0.272 e. The number of hydrogen-bond donors (Lipinski definition) is 0. The first-order chi connectivity index (χ1) is 17.1. The van der Waals surface area contributed by atoms with Gasteiger partial charge in [0.25, 0.3) is 5.91 Å². The number of benzene rings is 1. The first-order valence-electron chi connectivity index (χ1n) is 11.0. The second kappa shape index (κ2) is 9.41. The maximum atomic E-state index is 13.3. The highest BCUT2D eigenvalue weighted by atomic mass is 16.5. The molecule has 1 fully saturated rings. The normalized spacial score (nSPS) is 13.7. The molecule has 0 unspecified atom stereocenters. The number of nitrogens with zero attached hydrogens (tertiary/aromatic N) is 9. The van der Waals surface area contributed by atoms with E-state index in [4.69, 9.17) is 9.47 Å². The van der Waals surface area contributed by atoms with Crippen LogP contribution in [0.3, 0.4) is 0 Å². The van der Waals surface area contributed by atoms with Crippen LogP contribution in [0.2, 0.25) is 0 Å². The lowest BCUT2D eigenvalue weighted by Crippen LogP contribution is -2.49. The number of carbonyl (C=O) groups excluding carboxylic acids is 1. The number of anilines is 1. The quantitative estimate of drug-likeness (QED) is 0.408. The molecule has 180 valence electrons. The van der Waals surface area contributed by atoms with Gasteiger partial charge in [-0.25, -0.2) is 19.6 Å². The molecule has 0 spiro atoms. The Bertz CT molecular complexity index is 1330. The third-order valence-corrected chi connectivity index (χ3v) is 5.96. The van der Waals surface area contributed by atoms with Crippen LogP contribution in [-0.4, -0.2) is 85.7 Å². The van der Waals surface area contributed by atoms with Crippen molar-refractivity contribution in [1.82, 2.24) is 39.4 Å². The van der Waals surface area contributed by atoms with Crippen molar-refractivity contribution in [1.29, 1.82) is 0 Å². The number of aryl methyl sites for hydroxylation is 1. The highest BCUT2D eigenvalue weighted by Crippen LogP contribution is 2.33. The summed E-state index contributed by atoms with van der Waals surface area (Å²) in [7, 11) is 4.98. The van der Waals surface area contributed by atoms with Gasteiger partial charge in [-0.1, -0.05) is 0 Å². The summed E-state index contributed by atoms with van der Waals surface area (Å²) in [5.74, 6) is 2.70. The van der Waals surface area contributed by atoms with E-state index in [0.29, 0.717) is 54.9 Å². The zero-order valence-electron chi connectivity index (χ0n) is 19.7. The number of ether oxygens (including phenoxy) is 2. The number of hydrogen-bond acceptors (Lipinski definition) is 9. The number of amides is 1. The minimum atomic E-state index is -0.0706. The molecular formula is C23H25N9O3. The molecule has 4 aromatic rings. The van der Waals surface area contributed by atoms with Crippen molar-refractivity contribution in [2.24, 2.45) is 7.05 Å². The maximum Gasteiger partial charge on any atom is 0.272 e. The molecule has 1 amide bonds. The monoisotopic (exact) mass is 475 g/mol. The Morgan fingerprint density at radius 2 is 1.74 bits per heavy atom. The topological polar surface area (TPSA) is 116 Å². The molecule has 35 heavy (non-hydrogen) atoms. The van der Waals surface area contributed by atoms with Crippen LogP contribution in [0.4, 0.5) is 5.82 Å². The lowest BCUT2D eigenvalue weighted by Gasteiger charge is -2.35. The van der Waals surface area contributed by atoms with Gasteiger partial charge in [-0.15, -0.1) is 0 Å². The fraction of sp³-hybridized carbons (Fsp3) is 0.304. The predicted molar refractivity (Wildman–Crippen MR) is 127 cm³/mol. The van der Waals surface area contributed by atoms with Crippen LogP contribution >= 0.6 is 0 Å². The van der Waals surface area contributed by atoms with Gasteiger partial charge < -0.3 is 19.3 Å². The molecular weight excluding hydrogens is 450 g/mol. The van der Waals surface area contributed by atoms with E-state index in [0.717, 1.165) is 11.4 Å². The average molecular weight is 476 g/mol. The molecule has 5 rings (SSSR count). The summed E-state index contributed by atoms with van der Waals surface area (Å²) in [5.41, 5.74) is 1.92. The van der Waals surface area contributed by atoms with Crippen molar-refractivity contribution in [2.45, 2.75) is 0 Å². The van der Waals surface area contributed by atoms with Crippen LogP contribution in [-0.2, 0) is 7.05 Å². The number of piperazine rings is 1. The van der Waals surface area contributed by atoms with Gasteiger partial charge in [0.05, 0.1) is 19.9 Å². The van der Waals surface area contributed by atoms with Crippen molar-refractivity contribution in [2.75, 3.05) is 45.3 Å². The highest BCUT2D eigenvalue weighted by Gasteiger charge is 2.26. The molecule has 0 N–H and O–H groups in total. The summed E-state index contributed by atoms with van der Waals surface area (Å²) in [5, 5.41) is 8.69. The second-order valence-corrected chi connectivity index (χ2v) is 7.96. The summed E-state index contributed by atoms with van der Waals surface area (Å²) in [6.07, 6.45) is 4.56. The van der Waals surface area contributed by atoms with Crippen molar-refractivity contribution >= 4 is 11.7 Å². The van der Waals surface area contributed by atoms with E-state index < -0.39 is 0 Å². The number of carbonyl (C=O) groups is 1. The van der Waals surface area contributed by atoms with Crippen LogP contribution in [0, 0.1) is 0 Å². The summed E-state index contributed by atoms with van der Waals surface area (Å²) in [6, 6.07) is 9.15. The average Bonchev–Trinajstić information content (AvgIpc) is 3.58. The highest BCUT2D eigenvalue weighted by molar-refractivity contribution is 5.94. The lowest BCUT2D eigenvalue weighted by atomic mass is 10.1. The molecule has 1 aliphatic rings. The van der Waals surface area contributed by atoms with Gasteiger partial charge in [0.1, 0.15) is 42.0 Å². The zero-order chi connectivity index (χ0) is 24.4. The molecule has 0 atom stereocenters. The van der Waals surface area contributed by atoms with E-state index in [1.807, 2.05) is 29.2 Å². The standard InChI is InChI=1S/C23H25N9O3/c1-29-19(11-18(28-29)17-10-16(34-2)4-5-20(17)35-3)23(33)31-8-6-30(7-9-31)21-12-22(26-14-25-21)32-15-24-13-27-32/h4-5,10-15H,6-9H2,1-3H3. The fourth-order valence-corrected chi connectivity index (χ4v) is 4.08. The van der Waals surface area contributed by atoms with Crippen LogP contribution < -0.4 is 14.4 Å². The zero-order valence-corrected chi connectivity index (χ0v) is 19.7. The van der Waals surface area contributed by atoms with E-state index in [1.165, 1.54) is 12.7 Å². The molecule has 1 saturated heterocycles. The summed E-state index contributed by atoms with van der Waals surface area (Å²) in [4.78, 5) is 29.9. The summed E-state index contributed by atoms with van der Waals surface area (Å²) < 4.78 is 14.0. The van der Waals surface area contributed by atoms with Crippen LogP contribution in [0.5, 0.6) is 11.5 Å². The van der Waals surface area contributed by atoms with Crippen molar-refractivity contribution in [3.63, 3.8) is 0 Å². The minimum absolute atomic E-state index is 0.0706. The van der Waals surface area contributed by atoms with Gasteiger partial charge >= 0.3 is 0 Å². The molecule has 12 nitrogen and oxygen atoms in total. The predicted octanol–water partition coefficient (Wildman–Crippen LogP) is 1.44. The van der Waals surface area contributed by atoms with E-state index in [9.17, 15) is 4.79 Å². The van der Waals surface area contributed by atoms with Gasteiger partial charge in [0.2, 0.25) is 0 Å². The number of aromatic nitrogens is 7. The first-order valence-corrected chi connectivity index (χ1v) is 11.0. The third-order valence-electron chi connectivity index (χ3n) is 5.96. The minimum Gasteiger partial charge on any atom is -0.497 e. The van der Waals surface area contributed by atoms with E-state index in [1.54, 1.807) is 43.0 Å². The largest absolute Gasteiger partial charge is 0.497 e. The molecule has 1 aliphatic heterocycles. The summed E-state index contributed by atoms with van der Waals surface area (Å²) in [6.45, 7) is 2.41. The van der Waals surface area contributed by atoms with E-state index in [-0.39, 0.29) is 5.91 Å². The van der Waals surface area contributed by atoms with Gasteiger partial charge in [0, 0.05) is 44.9 Å². The van der Waals surface area contributed by atoms with E-state index >= 15 is 0 Å². The van der Waals surface area contributed by atoms with Gasteiger partial charge in [-0.3, -0.25) is 9.48 Å². The van der Waals surface area contributed by atoms with Crippen LogP contribution in [0.1, 0.15) is 10.5 Å². The molecule has 3 aromatic heterocycles. The Balaban J connectivity index is 1.30. The molecule has 0 radical (unpaired) electrons. The second-order valence-electron chi connectivity index (χ2n) is 7.96. The third kappa shape index (κ3) is 4.37. The molecule has 0 bridgehead atoms. The maximum absolute atomic E-state index is 13.3. The Labute approximate surface area is 201 Å². The SMILES string of the molecule is COc1ccc(OC)c(-c2cc(C(=O)N3CCN(c4cc(-n5cncn5)ncn4)CC3)n(C)n2)c1. The molecule has 0 saturated carbocycles. The van der Waals surface area contributed by atoms with Gasteiger partial charge in [-0.05, 0) is 24.3 Å². The number of rotatable bonds is 6. The Morgan fingerprint density at radius 1 is 0.943 bits per heavy atom. The number of methoxy groups -OCH3 is 2. The Hall–Kier alpha value is -4.48. The van der Waals surface area contributed by atoms with E-state index in [2.05, 4.69) is 30.0 Å². The molecule has 0 aliphatic carbocycles. The Morgan fingerprint density at radius 3 is 2.46 bits per heavy atom. The first kappa shape index (κ1) is 22.3. The van der Waals surface area contributed by atoms with Crippen molar-refractivity contribution < 1.29 is 14.3 Å². The van der Waals surface area contributed by atoms with Crippen molar-refractivity contribution in [3.8, 4) is 28.6 Å². The van der Waals surface area contributed by atoms with Crippen LogP contribution in [0.25, 0.3) is 17.1 Å². The molecule has 12 heteroatoms. The lowest BCUT2D eigenvalue weighted by molar-refractivity contribution is 0.0735. The fourth-order valence-electron chi connectivity index (χ4n) is 4.08. The van der Waals surface area contributed by atoms with Crippen LogP contribution in [0.15, 0.2) is 49.3 Å².